The van der Waals surface area contributed by atoms with Crippen LogP contribution in [-0.2, 0) is 6.54 Å². The van der Waals surface area contributed by atoms with Gasteiger partial charge in [0.2, 0.25) is 0 Å². The highest BCUT2D eigenvalue weighted by Gasteiger charge is 2.02. The van der Waals surface area contributed by atoms with Crippen molar-refractivity contribution in [1.82, 2.24) is 9.55 Å². The Balaban J connectivity index is 2.25. The molecule has 5 nitrogen and oxygen atoms in total. The maximum absolute atomic E-state index is 11.2. The third-order valence-electron chi connectivity index (χ3n) is 1.91. The summed E-state index contributed by atoms with van der Waals surface area (Å²) in [5, 5.41) is 0. The number of aldehydes is 1. The van der Waals surface area contributed by atoms with Crippen LogP contribution in [0.25, 0.3) is 0 Å². The van der Waals surface area contributed by atoms with Crippen molar-refractivity contribution in [3.63, 3.8) is 0 Å². The monoisotopic (exact) mass is 204 g/mol. The van der Waals surface area contributed by atoms with E-state index in [0.29, 0.717) is 12.0 Å². The van der Waals surface area contributed by atoms with Gasteiger partial charge in [0.25, 0.3) is 0 Å². The molecule has 0 fully saturated rings. The summed E-state index contributed by atoms with van der Waals surface area (Å²) in [4.78, 5) is 25.2. The number of aromatic nitrogens is 2. The second-order valence-corrected chi connectivity index (χ2v) is 2.95. The van der Waals surface area contributed by atoms with E-state index in [0.717, 1.165) is 0 Å². The zero-order valence-electron chi connectivity index (χ0n) is 7.79. The highest BCUT2D eigenvalue weighted by atomic mass is 16.3. The Morgan fingerprint density at radius 2 is 2.33 bits per heavy atom. The maximum atomic E-state index is 11.2. The molecule has 0 bridgehead atoms. The third-order valence-corrected chi connectivity index (χ3v) is 1.91. The lowest BCUT2D eigenvalue weighted by atomic mass is 10.4. The molecule has 0 amide bonds. The van der Waals surface area contributed by atoms with Gasteiger partial charge in [0.15, 0.2) is 12.0 Å². The molecule has 0 N–H and O–H groups in total. The summed E-state index contributed by atoms with van der Waals surface area (Å²) in [5.74, 6) is 0.800. The van der Waals surface area contributed by atoms with Crippen LogP contribution >= 0.6 is 0 Å². The molecule has 2 aromatic rings. The van der Waals surface area contributed by atoms with Gasteiger partial charge in [-0.25, -0.2) is 9.78 Å². The molecule has 15 heavy (non-hydrogen) atoms. The summed E-state index contributed by atoms with van der Waals surface area (Å²) in [6.07, 6.45) is 3.66. The first kappa shape index (κ1) is 9.39. The standard InChI is InChI=1S/C10H8N2O3/c13-7-9-3-2-8(15-9)6-12-5-1-4-11-10(12)14/h1-5,7H,6H2. The molecule has 76 valence electrons. The molecule has 0 atom stereocenters. The van der Waals surface area contributed by atoms with Crippen molar-refractivity contribution in [3.8, 4) is 0 Å². The van der Waals surface area contributed by atoms with Crippen LogP contribution in [-0.4, -0.2) is 15.8 Å². The Morgan fingerprint density at radius 3 is 3.00 bits per heavy atom. The maximum Gasteiger partial charge on any atom is 0.347 e. The van der Waals surface area contributed by atoms with Gasteiger partial charge in [-0.05, 0) is 18.2 Å². The molecule has 0 aliphatic rings. The van der Waals surface area contributed by atoms with E-state index >= 15 is 0 Å². The van der Waals surface area contributed by atoms with Crippen LogP contribution < -0.4 is 5.69 Å². The van der Waals surface area contributed by atoms with Crippen LogP contribution in [0.5, 0.6) is 0 Å². The summed E-state index contributed by atoms with van der Waals surface area (Å²) >= 11 is 0. The Labute approximate surface area is 85.0 Å². The number of carbonyl (C=O) groups excluding carboxylic acids is 1. The van der Waals surface area contributed by atoms with Crippen molar-refractivity contribution in [2.75, 3.05) is 0 Å². The van der Waals surface area contributed by atoms with Gasteiger partial charge < -0.3 is 4.42 Å². The lowest BCUT2D eigenvalue weighted by Gasteiger charge is -1.99. The minimum atomic E-state index is -0.346. The van der Waals surface area contributed by atoms with Crippen molar-refractivity contribution in [2.45, 2.75) is 6.54 Å². The predicted molar refractivity (Wildman–Crippen MR) is 51.7 cm³/mol. The lowest BCUT2D eigenvalue weighted by molar-refractivity contribution is 0.109. The normalized spacial score (nSPS) is 10.1. The largest absolute Gasteiger partial charge is 0.456 e. The molecule has 2 rings (SSSR count). The van der Waals surface area contributed by atoms with E-state index in [4.69, 9.17) is 4.42 Å². The molecule has 5 heteroatoms. The molecule has 0 radical (unpaired) electrons. The molecule has 0 aliphatic carbocycles. The van der Waals surface area contributed by atoms with Gasteiger partial charge >= 0.3 is 5.69 Å². The first-order valence-corrected chi connectivity index (χ1v) is 4.35. The molecular weight excluding hydrogens is 196 g/mol. The van der Waals surface area contributed by atoms with E-state index in [2.05, 4.69) is 4.98 Å². The summed E-state index contributed by atoms with van der Waals surface area (Å²) < 4.78 is 6.53. The Morgan fingerprint density at radius 1 is 1.47 bits per heavy atom. The quantitative estimate of drug-likeness (QED) is 0.690. The lowest BCUT2D eigenvalue weighted by Crippen LogP contribution is -2.21. The van der Waals surface area contributed by atoms with Gasteiger partial charge in [0.05, 0.1) is 6.54 Å². The number of hydrogen-bond donors (Lipinski definition) is 0. The van der Waals surface area contributed by atoms with Gasteiger partial charge in [-0.1, -0.05) is 0 Å². The molecule has 0 aliphatic heterocycles. The van der Waals surface area contributed by atoms with Gasteiger partial charge in [0, 0.05) is 12.4 Å². The number of hydrogen-bond acceptors (Lipinski definition) is 4. The van der Waals surface area contributed by atoms with Crippen molar-refractivity contribution >= 4 is 6.29 Å². The van der Waals surface area contributed by atoms with Gasteiger partial charge in [-0.15, -0.1) is 0 Å². The summed E-state index contributed by atoms with van der Waals surface area (Å²) in [5.41, 5.74) is -0.346. The Hall–Kier alpha value is -2.17. The average molecular weight is 204 g/mol. The van der Waals surface area contributed by atoms with E-state index in [1.54, 1.807) is 24.4 Å². The summed E-state index contributed by atoms with van der Waals surface area (Å²) in [6.45, 7) is 0.278. The molecule has 2 aromatic heterocycles. The first-order chi connectivity index (χ1) is 7.29. The van der Waals surface area contributed by atoms with Crippen molar-refractivity contribution in [2.24, 2.45) is 0 Å². The number of furan rings is 1. The molecule has 0 aromatic carbocycles. The van der Waals surface area contributed by atoms with E-state index in [-0.39, 0.29) is 18.0 Å². The van der Waals surface area contributed by atoms with Gasteiger partial charge in [-0.3, -0.25) is 9.36 Å². The average Bonchev–Trinajstić information content (AvgIpc) is 2.69. The van der Waals surface area contributed by atoms with E-state index < -0.39 is 0 Å². The topological polar surface area (TPSA) is 65.1 Å². The smallest absolute Gasteiger partial charge is 0.347 e. The highest BCUT2D eigenvalue weighted by molar-refractivity contribution is 5.70. The van der Waals surface area contributed by atoms with Crippen molar-refractivity contribution in [1.29, 1.82) is 0 Å². The minimum absolute atomic E-state index is 0.252. The van der Waals surface area contributed by atoms with Crippen LogP contribution in [0.3, 0.4) is 0 Å². The molecule has 0 unspecified atom stereocenters. The predicted octanol–water partition coefficient (Wildman–Crippen LogP) is 0.697. The minimum Gasteiger partial charge on any atom is -0.456 e. The molecule has 0 spiro atoms. The fourth-order valence-electron chi connectivity index (χ4n) is 1.22. The molecule has 2 heterocycles. The molecule has 0 saturated carbocycles. The number of rotatable bonds is 3. The van der Waals surface area contributed by atoms with E-state index in [1.807, 2.05) is 0 Å². The fraction of sp³-hybridized carbons (Fsp3) is 0.100. The number of carbonyl (C=O) groups is 1. The van der Waals surface area contributed by atoms with Crippen LogP contribution in [0.1, 0.15) is 16.3 Å². The van der Waals surface area contributed by atoms with Crippen LogP contribution in [0.15, 0.2) is 39.8 Å². The highest BCUT2D eigenvalue weighted by Crippen LogP contribution is 2.06. The van der Waals surface area contributed by atoms with E-state index in [1.165, 1.54) is 10.8 Å². The molecule has 0 saturated heterocycles. The van der Waals surface area contributed by atoms with E-state index in [9.17, 15) is 9.59 Å². The SMILES string of the molecule is O=Cc1ccc(Cn2cccnc2=O)o1. The number of nitrogens with zero attached hydrogens (tertiary/aromatic N) is 2. The van der Waals surface area contributed by atoms with Gasteiger partial charge in [-0.2, -0.15) is 0 Å². The zero-order valence-corrected chi connectivity index (χ0v) is 7.79. The third kappa shape index (κ3) is 2.01. The summed E-state index contributed by atoms with van der Waals surface area (Å²) in [6, 6.07) is 4.87. The Bertz CT molecular complexity index is 527. The molecular formula is C10H8N2O3. The van der Waals surface area contributed by atoms with Gasteiger partial charge in [0.1, 0.15) is 5.76 Å². The van der Waals surface area contributed by atoms with Crippen LogP contribution in [0, 0.1) is 0 Å². The second-order valence-electron chi connectivity index (χ2n) is 2.95. The first-order valence-electron chi connectivity index (χ1n) is 4.35. The second kappa shape index (κ2) is 3.91. The van der Waals surface area contributed by atoms with Crippen LogP contribution in [0.4, 0.5) is 0 Å². The summed E-state index contributed by atoms with van der Waals surface area (Å²) in [7, 11) is 0. The van der Waals surface area contributed by atoms with Crippen molar-refractivity contribution < 1.29 is 9.21 Å². The zero-order chi connectivity index (χ0) is 10.7. The van der Waals surface area contributed by atoms with Crippen LogP contribution in [0.2, 0.25) is 0 Å². The fourth-order valence-corrected chi connectivity index (χ4v) is 1.22. The van der Waals surface area contributed by atoms with Crippen molar-refractivity contribution in [3.05, 3.63) is 52.6 Å². The Kier molecular flexibility index (Phi) is 2.45.